The van der Waals surface area contributed by atoms with Crippen molar-refractivity contribution in [3.63, 3.8) is 0 Å². The number of thioether (sulfide) groups is 1. The van der Waals surface area contributed by atoms with Gasteiger partial charge in [-0.05, 0) is 42.0 Å². The van der Waals surface area contributed by atoms with E-state index in [1.807, 2.05) is 83.8 Å². The Kier molecular flexibility index (Phi) is 6.87. The molecule has 1 aliphatic rings. The minimum Gasteiger partial charge on any atom is -0.451 e. The molecule has 0 atom stereocenters. The number of nitriles is 1. The highest BCUT2D eigenvalue weighted by Gasteiger charge is 2.22. The molecule has 8 heteroatoms. The number of hydrogen-bond acceptors (Lipinski definition) is 6. The topological polar surface area (TPSA) is 87.1 Å². The first-order valence-corrected chi connectivity index (χ1v) is 12.6. The maximum absolute atomic E-state index is 12.8. The predicted octanol–water partition coefficient (Wildman–Crippen LogP) is 4.86. The summed E-state index contributed by atoms with van der Waals surface area (Å²) in [4.78, 5) is 19.0. The van der Waals surface area contributed by atoms with E-state index >= 15 is 0 Å². The van der Waals surface area contributed by atoms with Crippen molar-refractivity contribution in [2.45, 2.75) is 13.1 Å². The Morgan fingerprint density at radius 2 is 1.89 bits per heavy atom. The number of hydrogen-bond donors (Lipinski definition) is 1. The zero-order chi connectivity index (χ0) is 24.0. The molecule has 3 heterocycles. The number of nitrogens with one attached hydrogen (secondary N) is 1. The van der Waals surface area contributed by atoms with E-state index < -0.39 is 0 Å². The fourth-order valence-electron chi connectivity index (χ4n) is 4.08. The normalized spacial score (nSPS) is 13.4. The summed E-state index contributed by atoms with van der Waals surface area (Å²) in [6.45, 7) is 2.76. The standard InChI is InChI=1S/C27H25N5O2S/c28-15-20-5-7-21(8-6-20)18-32-19-29-16-22(32)17-30-24-4-2-1-3-23(24)25-9-10-26(34-25)27(33)31-11-13-35-14-12-31/h1-10,16,19,30H,11-14,17-18H2. The van der Waals surface area contributed by atoms with Crippen molar-refractivity contribution in [3.8, 4) is 17.4 Å². The molecule has 5 rings (SSSR count). The number of aromatic nitrogens is 2. The third-order valence-corrected chi connectivity index (χ3v) is 6.94. The molecule has 0 bridgehead atoms. The first-order valence-electron chi connectivity index (χ1n) is 11.5. The second-order valence-corrected chi connectivity index (χ2v) is 9.51. The lowest BCUT2D eigenvalue weighted by Gasteiger charge is -2.25. The average Bonchev–Trinajstić information content (AvgIpc) is 3.58. The van der Waals surface area contributed by atoms with Gasteiger partial charge < -0.3 is 19.2 Å². The number of amides is 1. The van der Waals surface area contributed by atoms with Gasteiger partial charge in [0.05, 0.1) is 30.2 Å². The van der Waals surface area contributed by atoms with E-state index in [2.05, 4.69) is 20.9 Å². The monoisotopic (exact) mass is 483 g/mol. The molecule has 1 saturated heterocycles. The molecule has 1 amide bonds. The summed E-state index contributed by atoms with van der Waals surface area (Å²) in [6, 6.07) is 21.3. The second-order valence-electron chi connectivity index (χ2n) is 8.29. The molecule has 4 aromatic rings. The van der Waals surface area contributed by atoms with Gasteiger partial charge in [-0.1, -0.05) is 24.3 Å². The van der Waals surface area contributed by atoms with Gasteiger partial charge in [-0.2, -0.15) is 17.0 Å². The Morgan fingerprint density at radius 1 is 1.09 bits per heavy atom. The predicted molar refractivity (Wildman–Crippen MR) is 137 cm³/mol. The average molecular weight is 484 g/mol. The van der Waals surface area contributed by atoms with Gasteiger partial charge in [0, 0.05) is 48.6 Å². The number of furan rings is 1. The summed E-state index contributed by atoms with van der Waals surface area (Å²) >= 11 is 1.87. The Morgan fingerprint density at radius 3 is 2.69 bits per heavy atom. The zero-order valence-corrected chi connectivity index (χ0v) is 20.0. The molecule has 2 aromatic carbocycles. The Bertz CT molecular complexity index is 1350. The maximum atomic E-state index is 12.8. The molecule has 35 heavy (non-hydrogen) atoms. The molecule has 1 N–H and O–H groups in total. The van der Waals surface area contributed by atoms with Crippen LogP contribution in [0.25, 0.3) is 11.3 Å². The van der Waals surface area contributed by atoms with Gasteiger partial charge in [-0.15, -0.1) is 0 Å². The minimum absolute atomic E-state index is 0.0475. The fraction of sp³-hybridized carbons (Fsp3) is 0.222. The van der Waals surface area contributed by atoms with Crippen molar-refractivity contribution >= 4 is 23.4 Å². The number of carbonyl (C=O) groups is 1. The van der Waals surface area contributed by atoms with Crippen LogP contribution in [0, 0.1) is 11.3 Å². The smallest absolute Gasteiger partial charge is 0.289 e. The molecule has 0 saturated carbocycles. The van der Waals surface area contributed by atoms with Gasteiger partial charge in [0.15, 0.2) is 5.76 Å². The minimum atomic E-state index is -0.0475. The van der Waals surface area contributed by atoms with Crippen molar-refractivity contribution < 1.29 is 9.21 Å². The number of benzene rings is 2. The molecule has 2 aromatic heterocycles. The molecule has 1 aliphatic heterocycles. The largest absolute Gasteiger partial charge is 0.451 e. The van der Waals surface area contributed by atoms with E-state index in [0.717, 1.165) is 47.1 Å². The Labute approximate surface area is 208 Å². The molecular formula is C27H25N5O2S. The lowest BCUT2D eigenvalue weighted by Crippen LogP contribution is -2.37. The van der Waals surface area contributed by atoms with Crippen LogP contribution in [0.4, 0.5) is 5.69 Å². The van der Waals surface area contributed by atoms with Gasteiger partial charge in [0.1, 0.15) is 5.76 Å². The van der Waals surface area contributed by atoms with Crippen molar-refractivity contribution in [1.29, 1.82) is 5.26 Å². The third-order valence-electron chi connectivity index (χ3n) is 6.00. The van der Waals surface area contributed by atoms with E-state index in [9.17, 15) is 4.79 Å². The quantitative estimate of drug-likeness (QED) is 0.404. The zero-order valence-electron chi connectivity index (χ0n) is 19.2. The molecule has 0 unspecified atom stereocenters. The molecular weight excluding hydrogens is 458 g/mol. The highest BCUT2D eigenvalue weighted by molar-refractivity contribution is 7.99. The highest BCUT2D eigenvalue weighted by Crippen LogP contribution is 2.30. The van der Waals surface area contributed by atoms with Crippen LogP contribution in [0.15, 0.2) is 77.6 Å². The first kappa shape index (κ1) is 22.8. The van der Waals surface area contributed by atoms with Crippen LogP contribution >= 0.6 is 11.8 Å². The number of anilines is 1. The molecule has 7 nitrogen and oxygen atoms in total. The van der Waals surface area contributed by atoms with Gasteiger partial charge >= 0.3 is 0 Å². The summed E-state index contributed by atoms with van der Waals surface area (Å²) in [7, 11) is 0. The van der Waals surface area contributed by atoms with Crippen LogP contribution in [-0.4, -0.2) is 45.0 Å². The molecule has 0 aliphatic carbocycles. The number of rotatable bonds is 7. The third kappa shape index (κ3) is 5.26. The molecule has 0 spiro atoms. The SMILES string of the molecule is N#Cc1ccc(Cn2cncc2CNc2ccccc2-c2ccc(C(=O)N3CCSCC3)o2)cc1. The van der Waals surface area contributed by atoms with Crippen LogP contribution < -0.4 is 5.32 Å². The van der Waals surface area contributed by atoms with Crippen molar-refractivity contribution in [2.24, 2.45) is 0 Å². The first-order chi connectivity index (χ1) is 17.2. The summed E-state index contributed by atoms with van der Waals surface area (Å²) in [5.41, 5.74) is 4.60. The van der Waals surface area contributed by atoms with Gasteiger partial charge in [0.2, 0.25) is 0 Å². The fourth-order valence-corrected chi connectivity index (χ4v) is 4.98. The Hall–Kier alpha value is -3.96. The number of carbonyl (C=O) groups excluding carboxylic acids is 1. The van der Waals surface area contributed by atoms with E-state index in [-0.39, 0.29) is 5.91 Å². The van der Waals surface area contributed by atoms with Gasteiger partial charge in [-0.3, -0.25) is 4.79 Å². The molecule has 0 radical (unpaired) electrons. The molecule has 176 valence electrons. The summed E-state index contributed by atoms with van der Waals surface area (Å²) in [6.07, 6.45) is 3.66. The molecule has 1 fully saturated rings. The number of nitrogens with zero attached hydrogens (tertiary/aromatic N) is 4. The van der Waals surface area contributed by atoms with Crippen molar-refractivity contribution in [3.05, 3.63) is 95.8 Å². The number of para-hydroxylation sites is 1. The van der Waals surface area contributed by atoms with Gasteiger partial charge in [-0.25, -0.2) is 4.98 Å². The van der Waals surface area contributed by atoms with Crippen LogP contribution in [0.1, 0.15) is 27.4 Å². The van der Waals surface area contributed by atoms with Crippen LogP contribution in [-0.2, 0) is 13.1 Å². The van der Waals surface area contributed by atoms with E-state index in [4.69, 9.17) is 9.68 Å². The van der Waals surface area contributed by atoms with Crippen molar-refractivity contribution in [2.75, 3.05) is 29.9 Å². The van der Waals surface area contributed by atoms with Crippen LogP contribution in [0.2, 0.25) is 0 Å². The Balaban J connectivity index is 1.29. The number of imidazole rings is 1. The van der Waals surface area contributed by atoms with Crippen LogP contribution in [0.3, 0.4) is 0 Å². The van der Waals surface area contributed by atoms with Crippen molar-refractivity contribution in [1.82, 2.24) is 14.5 Å². The van der Waals surface area contributed by atoms with Gasteiger partial charge in [0.25, 0.3) is 5.91 Å². The maximum Gasteiger partial charge on any atom is 0.289 e. The van der Waals surface area contributed by atoms with E-state index in [1.54, 1.807) is 6.07 Å². The van der Waals surface area contributed by atoms with Crippen LogP contribution in [0.5, 0.6) is 0 Å². The lowest BCUT2D eigenvalue weighted by atomic mass is 10.1. The second kappa shape index (κ2) is 10.5. The summed E-state index contributed by atoms with van der Waals surface area (Å²) < 4.78 is 8.09. The summed E-state index contributed by atoms with van der Waals surface area (Å²) in [5.74, 6) is 2.92. The van der Waals surface area contributed by atoms with E-state index in [0.29, 0.717) is 30.2 Å². The highest BCUT2D eigenvalue weighted by atomic mass is 32.2. The summed E-state index contributed by atoms with van der Waals surface area (Å²) in [5, 5.41) is 12.5. The van der Waals surface area contributed by atoms with E-state index in [1.165, 1.54) is 0 Å². The lowest BCUT2D eigenvalue weighted by molar-refractivity contribution is 0.0741.